The van der Waals surface area contributed by atoms with Gasteiger partial charge in [0, 0.05) is 24.2 Å². The van der Waals surface area contributed by atoms with Crippen LogP contribution in [0.5, 0.6) is 0 Å². The zero-order chi connectivity index (χ0) is 13.8. The molecule has 0 heterocycles. The maximum Gasteiger partial charge on any atom is 0.251 e. The fourth-order valence-corrected chi connectivity index (χ4v) is 1.35. The Hall–Kier alpha value is -0.810. The molecule has 0 fully saturated rings. The highest BCUT2D eigenvalue weighted by molar-refractivity contribution is 5.94. The second kappa shape index (κ2) is 9.19. The second-order valence-corrected chi connectivity index (χ2v) is 5.29. The van der Waals surface area contributed by atoms with Gasteiger partial charge >= 0.3 is 0 Å². The van der Waals surface area contributed by atoms with Crippen LogP contribution in [-0.2, 0) is 6.54 Å². The molecule has 4 nitrogen and oxygen atoms in total. The number of halogens is 2. The normalized spacial score (nSPS) is 10.5. The Morgan fingerprint density at radius 3 is 2.10 bits per heavy atom. The van der Waals surface area contributed by atoms with Gasteiger partial charge in [-0.15, -0.1) is 24.8 Å². The van der Waals surface area contributed by atoms with Crippen LogP contribution in [-0.4, -0.2) is 37.0 Å². The fourth-order valence-electron chi connectivity index (χ4n) is 1.35. The molecule has 0 aliphatic carbocycles. The first-order valence-electron chi connectivity index (χ1n) is 6.11. The quantitative estimate of drug-likeness (QED) is 0.872. The molecule has 116 valence electrons. The van der Waals surface area contributed by atoms with Gasteiger partial charge in [0.05, 0.1) is 0 Å². The number of amides is 1. The Balaban J connectivity index is 0. The Kier molecular flexibility index (Phi) is 9.87. The van der Waals surface area contributed by atoms with Gasteiger partial charge in [0.25, 0.3) is 5.91 Å². The van der Waals surface area contributed by atoms with E-state index in [0.717, 1.165) is 5.56 Å². The number of nitrogens with two attached hydrogens (primary N) is 1. The molecule has 0 unspecified atom stereocenters. The van der Waals surface area contributed by atoms with E-state index in [-0.39, 0.29) is 36.3 Å². The molecule has 1 rings (SSSR count). The van der Waals surface area contributed by atoms with Crippen LogP contribution >= 0.6 is 24.8 Å². The predicted octanol–water partition coefficient (Wildman–Crippen LogP) is 2.06. The molecule has 3 N–H and O–H groups in total. The predicted molar refractivity (Wildman–Crippen MR) is 88.9 cm³/mol. The smallest absolute Gasteiger partial charge is 0.251 e. The van der Waals surface area contributed by atoms with Crippen molar-refractivity contribution in [3.63, 3.8) is 0 Å². The topological polar surface area (TPSA) is 58.4 Å². The number of nitrogens with zero attached hydrogens (tertiary/aromatic N) is 1. The Bertz CT molecular complexity index is 405. The number of rotatable bonds is 5. The maximum atomic E-state index is 12.0. The molecule has 20 heavy (non-hydrogen) atoms. The fraction of sp³-hybridized carbons (Fsp3) is 0.500. The third-order valence-corrected chi connectivity index (χ3v) is 3.34. The largest absolute Gasteiger partial charge is 0.350 e. The lowest BCUT2D eigenvalue weighted by molar-refractivity contribution is 0.0919. The van der Waals surface area contributed by atoms with Crippen LogP contribution in [0.4, 0.5) is 0 Å². The van der Waals surface area contributed by atoms with Gasteiger partial charge in [-0.25, -0.2) is 0 Å². The van der Waals surface area contributed by atoms with E-state index in [2.05, 4.69) is 24.1 Å². The third-order valence-electron chi connectivity index (χ3n) is 3.34. The lowest BCUT2D eigenvalue weighted by Gasteiger charge is -2.32. The molecule has 1 aromatic carbocycles. The van der Waals surface area contributed by atoms with Gasteiger partial charge in [0.1, 0.15) is 0 Å². The molecular weight excluding hydrogens is 297 g/mol. The molecule has 0 spiro atoms. The molecule has 0 bridgehead atoms. The number of likely N-dealkylation sites (N-methyl/N-ethyl adjacent to an activating group) is 1. The molecular formula is C14H25Cl2N3O. The Morgan fingerprint density at radius 1 is 1.20 bits per heavy atom. The average Bonchev–Trinajstić information content (AvgIpc) is 2.36. The van der Waals surface area contributed by atoms with E-state index in [4.69, 9.17) is 5.73 Å². The van der Waals surface area contributed by atoms with Gasteiger partial charge in [-0.1, -0.05) is 12.1 Å². The number of carbonyl (C=O) groups excluding carboxylic acids is 1. The second-order valence-electron chi connectivity index (χ2n) is 5.29. The van der Waals surface area contributed by atoms with Gasteiger partial charge in [-0.2, -0.15) is 0 Å². The van der Waals surface area contributed by atoms with E-state index in [0.29, 0.717) is 18.7 Å². The molecule has 0 aliphatic rings. The van der Waals surface area contributed by atoms with Crippen molar-refractivity contribution >= 4 is 30.7 Å². The summed E-state index contributed by atoms with van der Waals surface area (Å²) in [6, 6.07) is 7.37. The van der Waals surface area contributed by atoms with E-state index >= 15 is 0 Å². The number of benzene rings is 1. The number of carbonyl (C=O) groups is 1. The number of nitrogens with one attached hydrogen (secondary N) is 1. The van der Waals surface area contributed by atoms with Crippen molar-refractivity contribution in [2.45, 2.75) is 25.9 Å². The van der Waals surface area contributed by atoms with Crippen LogP contribution in [0.1, 0.15) is 29.8 Å². The molecule has 6 heteroatoms. The maximum absolute atomic E-state index is 12.0. The summed E-state index contributed by atoms with van der Waals surface area (Å²) in [5, 5.41) is 2.95. The Labute approximate surface area is 133 Å². The molecule has 1 amide bonds. The van der Waals surface area contributed by atoms with Gasteiger partial charge in [0.15, 0.2) is 0 Å². The van der Waals surface area contributed by atoms with Gasteiger partial charge in [-0.3, -0.25) is 4.79 Å². The minimum absolute atomic E-state index is 0. The van der Waals surface area contributed by atoms with Gasteiger partial charge < -0.3 is 16.0 Å². The summed E-state index contributed by atoms with van der Waals surface area (Å²) >= 11 is 0. The summed E-state index contributed by atoms with van der Waals surface area (Å²) < 4.78 is 0. The highest BCUT2D eigenvalue weighted by Crippen LogP contribution is 2.09. The van der Waals surface area contributed by atoms with Gasteiger partial charge in [-0.05, 0) is 45.6 Å². The summed E-state index contributed by atoms with van der Waals surface area (Å²) in [5.41, 5.74) is 7.15. The van der Waals surface area contributed by atoms with E-state index < -0.39 is 0 Å². The molecule has 0 aromatic heterocycles. The van der Waals surface area contributed by atoms with Crippen molar-refractivity contribution in [1.29, 1.82) is 0 Å². The first-order valence-corrected chi connectivity index (χ1v) is 6.11. The van der Waals surface area contributed by atoms with Crippen molar-refractivity contribution in [3.05, 3.63) is 35.4 Å². The Morgan fingerprint density at radius 2 is 1.70 bits per heavy atom. The van der Waals surface area contributed by atoms with E-state index in [9.17, 15) is 4.79 Å². The third kappa shape index (κ3) is 6.09. The lowest BCUT2D eigenvalue weighted by Crippen LogP contribution is -2.48. The molecule has 1 aromatic rings. The van der Waals surface area contributed by atoms with Crippen LogP contribution < -0.4 is 11.1 Å². The molecule has 0 saturated heterocycles. The minimum atomic E-state index is -0.0626. The van der Waals surface area contributed by atoms with Crippen molar-refractivity contribution < 1.29 is 4.79 Å². The zero-order valence-corrected chi connectivity index (χ0v) is 14.1. The molecule has 0 atom stereocenters. The van der Waals surface area contributed by atoms with Crippen LogP contribution in [0.25, 0.3) is 0 Å². The standard InChI is InChI=1S/C14H23N3O.2ClH/c1-14(2,17(3)4)10-16-13(18)12-7-5-11(9-15)6-8-12;;/h5-8H,9-10,15H2,1-4H3,(H,16,18);2*1H. The molecule has 0 radical (unpaired) electrons. The van der Waals surface area contributed by atoms with Crippen molar-refractivity contribution in [2.24, 2.45) is 5.73 Å². The number of hydrogen-bond donors (Lipinski definition) is 2. The highest BCUT2D eigenvalue weighted by Gasteiger charge is 2.21. The minimum Gasteiger partial charge on any atom is -0.350 e. The van der Waals surface area contributed by atoms with Gasteiger partial charge in [0.2, 0.25) is 0 Å². The van der Waals surface area contributed by atoms with Crippen molar-refractivity contribution in [3.8, 4) is 0 Å². The first kappa shape index (κ1) is 21.5. The summed E-state index contributed by atoms with van der Waals surface area (Å²) in [6.45, 7) is 5.28. The van der Waals surface area contributed by atoms with E-state index in [1.54, 1.807) is 12.1 Å². The van der Waals surface area contributed by atoms with Crippen molar-refractivity contribution in [2.75, 3.05) is 20.6 Å². The molecule has 0 aliphatic heterocycles. The SMILES string of the molecule is CN(C)C(C)(C)CNC(=O)c1ccc(CN)cc1.Cl.Cl. The monoisotopic (exact) mass is 321 g/mol. The average molecular weight is 322 g/mol. The summed E-state index contributed by atoms with van der Waals surface area (Å²) in [6.07, 6.45) is 0. The summed E-state index contributed by atoms with van der Waals surface area (Å²) in [7, 11) is 4.00. The van der Waals surface area contributed by atoms with Crippen LogP contribution in [0.3, 0.4) is 0 Å². The highest BCUT2D eigenvalue weighted by atomic mass is 35.5. The van der Waals surface area contributed by atoms with E-state index in [1.807, 2.05) is 26.2 Å². The van der Waals surface area contributed by atoms with Crippen LogP contribution in [0.15, 0.2) is 24.3 Å². The summed E-state index contributed by atoms with van der Waals surface area (Å²) in [5.74, 6) is -0.0477. The lowest BCUT2D eigenvalue weighted by atomic mass is 10.0. The van der Waals surface area contributed by atoms with Crippen LogP contribution in [0.2, 0.25) is 0 Å². The van der Waals surface area contributed by atoms with Crippen LogP contribution in [0, 0.1) is 0 Å². The number of hydrogen-bond acceptors (Lipinski definition) is 3. The first-order chi connectivity index (χ1) is 8.36. The molecule has 0 saturated carbocycles. The van der Waals surface area contributed by atoms with Crippen molar-refractivity contribution in [1.82, 2.24) is 10.2 Å². The summed E-state index contributed by atoms with van der Waals surface area (Å²) in [4.78, 5) is 14.0. The van der Waals surface area contributed by atoms with E-state index in [1.165, 1.54) is 0 Å². The zero-order valence-electron chi connectivity index (χ0n) is 12.5.